The van der Waals surface area contributed by atoms with Crippen LogP contribution in [0, 0.1) is 0 Å². The Morgan fingerprint density at radius 3 is 2.27 bits per heavy atom. The fourth-order valence-corrected chi connectivity index (χ4v) is 3.13. The Labute approximate surface area is 160 Å². The maximum absolute atomic E-state index is 11.0. The highest BCUT2D eigenvalue weighted by atomic mass is 32.2. The molecule has 0 fully saturated rings. The van der Waals surface area contributed by atoms with Gasteiger partial charge in [0.2, 0.25) is 5.91 Å². The van der Waals surface area contributed by atoms with Crippen molar-refractivity contribution in [3.05, 3.63) is 54.1 Å². The average Bonchev–Trinajstić information content (AvgIpc) is 2.58. The van der Waals surface area contributed by atoms with Crippen molar-refractivity contribution in [2.75, 3.05) is 17.7 Å². The Bertz CT molecular complexity index is 706. The van der Waals surface area contributed by atoms with E-state index in [0.717, 1.165) is 16.3 Å². The highest BCUT2D eigenvalue weighted by Crippen LogP contribution is 2.25. The number of carbonyl (C=O) groups excluding carboxylic acids is 1. The molecular formula is C21H27NO3S. The Morgan fingerprint density at radius 1 is 1.12 bits per heavy atom. The number of anilines is 1. The largest absolute Gasteiger partial charge is 0.491 e. The second-order valence-electron chi connectivity index (χ2n) is 7.26. The standard InChI is InChI=1S/C21H27NO3S/c1-15(23)22-17-7-11-20(12-8-17)26-14-18(24)13-25-19-9-5-16(6-10-19)21(2,3)4/h5-12,18,24H,13-14H2,1-4H3,(H,22,23). The van der Waals surface area contributed by atoms with E-state index in [1.807, 2.05) is 36.4 Å². The van der Waals surface area contributed by atoms with Gasteiger partial charge in [-0.15, -0.1) is 11.8 Å². The number of amides is 1. The van der Waals surface area contributed by atoms with Crippen LogP contribution in [-0.2, 0) is 10.2 Å². The van der Waals surface area contributed by atoms with Crippen LogP contribution in [0.2, 0.25) is 0 Å². The van der Waals surface area contributed by atoms with Crippen molar-refractivity contribution in [1.29, 1.82) is 0 Å². The van der Waals surface area contributed by atoms with Crippen LogP contribution in [0.15, 0.2) is 53.4 Å². The van der Waals surface area contributed by atoms with Gasteiger partial charge in [-0.2, -0.15) is 0 Å². The summed E-state index contributed by atoms with van der Waals surface area (Å²) in [5.41, 5.74) is 2.14. The maximum atomic E-state index is 11.0. The number of rotatable bonds is 7. The molecule has 0 radical (unpaired) electrons. The van der Waals surface area contributed by atoms with Crippen molar-refractivity contribution >= 4 is 23.4 Å². The number of ether oxygens (including phenoxy) is 1. The molecule has 26 heavy (non-hydrogen) atoms. The molecular weight excluding hydrogens is 346 g/mol. The summed E-state index contributed by atoms with van der Waals surface area (Å²) >= 11 is 1.55. The second-order valence-corrected chi connectivity index (χ2v) is 8.35. The Hall–Kier alpha value is -1.98. The quantitative estimate of drug-likeness (QED) is 0.703. The van der Waals surface area contributed by atoms with Crippen molar-refractivity contribution < 1.29 is 14.6 Å². The third-order valence-corrected chi connectivity index (χ3v) is 4.94. The van der Waals surface area contributed by atoms with Crippen LogP contribution in [-0.4, -0.2) is 29.5 Å². The molecule has 0 aliphatic rings. The summed E-state index contributed by atoms with van der Waals surface area (Å²) in [5.74, 6) is 1.22. The number of aliphatic hydroxyl groups is 1. The van der Waals surface area contributed by atoms with Gasteiger partial charge >= 0.3 is 0 Å². The predicted octanol–water partition coefficient (Wildman–Crippen LogP) is 4.47. The first kappa shape index (κ1) is 20.3. The van der Waals surface area contributed by atoms with Gasteiger partial charge in [0, 0.05) is 23.3 Å². The Morgan fingerprint density at radius 2 is 1.73 bits per heavy atom. The van der Waals surface area contributed by atoms with E-state index < -0.39 is 6.10 Å². The fraction of sp³-hybridized carbons (Fsp3) is 0.381. The minimum Gasteiger partial charge on any atom is -0.491 e. The van der Waals surface area contributed by atoms with E-state index in [1.165, 1.54) is 12.5 Å². The number of hydrogen-bond acceptors (Lipinski definition) is 4. The summed E-state index contributed by atoms with van der Waals surface area (Å²) in [6.45, 7) is 8.26. The minimum atomic E-state index is -0.558. The SMILES string of the molecule is CC(=O)Nc1ccc(SCC(O)COc2ccc(C(C)(C)C)cc2)cc1. The molecule has 0 spiro atoms. The average molecular weight is 374 g/mol. The molecule has 0 saturated heterocycles. The molecule has 0 heterocycles. The molecule has 0 bridgehead atoms. The molecule has 0 saturated carbocycles. The van der Waals surface area contributed by atoms with Gasteiger partial charge in [-0.1, -0.05) is 32.9 Å². The van der Waals surface area contributed by atoms with Crippen molar-refractivity contribution in [3.8, 4) is 5.75 Å². The van der Waals surface area contributed by atoms with Crippen LogP contribution in [0.25, 0.3) is 0 Å². The minimum absolute atomic E-state index is 0.0893. The van der Waals surface area contributed by atoms with Crippen molar-refractivity contribution in [2.45, 2.75) is 44.1 Å². The van der Waals surface area contributed by atoms with E-state index in [0.29, 0.717) is 5.75 Å². The molecule has 0 aliphatic carbocycles. The smallest absolute Gasteiger partial charge is 0.221 e. The molecule has 1 atom stereocenters. The summed E-state index contributed by atoms with van der Waals surface area (Å²) < 4.78 is 5.68. The summed E-state index contributed by atoms with van der Waals surface area (Å²) in [4.78, 5) is 12.0. The maximum Gasteiger partial charge on any atom is 0.221 e. The third-order valence-electron chi connectivity index (χ3n) is 3.78. The molecule has 2 rings (SSSR count). The first-order valence-electron chi connectivity index (χ1n) is 8.66. The van der Waals surface area contributed by atoms with Gasteiger partial charge in [-0.25, -0.2) is 0 Å². The molecule has 5 heteroatoms. The van der Waals surface area contributed by atoms with E-state index in [-0.39, 0.29) is 17.9 Å². The Kier molecular flexibility index (Phi) is 7.12. The third kappa shape index (κ3) is 6.73. The number of nitrogens with one attached hydrogen (secondary N) is 1. The summed E-state index contributed by atoms with van der Waals surface area (Å²) in [7, 11) is 0. The van der Waals surface area contributed by atoms with Crippen molar-refractivity contribution in [2.24, 2.45) is 0 Å². The van der Waals surface area contributed by atoms with E-state index in [2.05, 4.69) is 38.2 Å². The van der Waals surface area contributed by atoms with Gasteiger partial charge in [-0.3, -0.25) is 4.79 Å². The van der Waals surface area contributed by atoms with Crippen molar-refractivity contribution in [1.82, 2.24) is 0 Å². The van der Waals surface area contributed by atoms with Crippen LogP contribution in [0.5, 0.6) is 5.75 Å². The first-order chi connectivity index (χ1) is 12.2. The van der Waals surface area contributed by atoms with Gasteiger partial charge < -0.3 is 15.2 Å². The van der Waals surface area contributed by atoms with E-state index >= 15 is 0 Å². The molecule has 0 aliphatic heterocycles. The van der Waals surface area contributed by atoms with Gasteiger partial charge in [0.25, 0.3) is 0 Å². The van der Waals surface area contributed by atoms with Crippen molar-refractivity contribution in [3.63, 3.8) is 0 Å². The molecule has 2 aromatic carbocycles. The summed E-state index contributed by atoms with van der Waals surface area (Å²) in [6, 6.07) is 15.6. The van der Waals surface area contributed by atoms with Gasteiger partial charge in [0.15, 0.2) is 0 Å². The number of hydrogen-bond donors (Lipinski definition) is 2. The molecule has 4 nitrogen and oxygen atoms in total. The Balaban J connectivity index is 1.76. The number of aliphatic hydroxyl groups excluding tert-OH is 1. The summed E-state index contributed by atoms with van der Waals surface area (Å²) in [6.07, 6.45) is -0.558. The molecule has 2 N–H and O–H groups in total. The lowest BCUT2D eigenvalue weighted by Crippen LogP contribution is -2.20. The lowest BCUT2D eigenvalue weighted by atomic mass is 9.87. The molecule has 140 valence electrons. The number of benzene rings is 2. The predicted molar refractivity (Wildman–Crippen MR) is 108 cm³/mol. The molecule has 0 aromatic heterocycles. The normalized spacial score (nSPS) is 12.5. The van der Waals surface area contributed by atoms with Crippen LogP contribution in [0.1, 0.15) is 33.3 Å². The van der Waals surface area contributed by atoms with Gasteiger partial charge in [0.05, 0.1) is 6.10 Å². The van der Waals surface area contributed by atoms with E-state index in [4.69, 9.17) is 4.74 Å². The highest BCUT2D eigenvalue weighted by molar-refractivity contribution is 7.99. The monoisotopic (exact) mass is 373 g/mol. The van der Waals surface area contributed by atoms with Crippen LogP contribution in [0.3, 0.4) is 0 Å². The van der Waals surface area contributed by atoms with Crippen LogP contribution in [0.4, 0.5) is 5.69 Å². The van der Waals surface area contributed by atoms with E-state index in [9.17, 15) is 9.90 Å². The van der Waals surface area contributed by atoms with Gasteiger partial charge in [0.1, 0.15) is 12.4 Å². The molecule has 2 aromatic rings. The van der Waals surface area contributed by atoms with Crippen LogP contribution >= 0.6 is 11.8 Å². The lowest BCUT2D eigenvalue weighted by Gasteiger charge is -2.19. The van der Waals surface area contributed by atoms with E-state index in [1.54, 1.807) is 11.8 Å². The zero-order chi connectivity index (χ0) is 19.2. The number of carbonyl (C=O) groups is 1. The lowest BCUT2D eigenvalue weighted by molar-refractivity contribution is -0.114. The second kappa shape index (κ2) is 9.10. The van der Waals surface area contributed by atoms with Gasteiger partial charge in [-0.05, 0) is 47.4 Å². The van der Waals surface area contributed by atoms with Crippen LogP contribution < -0.4 is 10.1 Å². The number of thioether (sulfide) groups is 1. The molecule has 1 amide bonds. The topological polar surface area (TPSA) is 58.6 Å². The summed E-state index contributed by atoms with van der Waals surface area (Å²) in [5, 5.41) is 12.9. The fourth-order valence-electron chi connectivity index (χ4n) is 2.32. The molecule has 1 unspecified atom stereocenters. The zero-order valence-electron chi connectivity index (χ0n) is 15.8. The first-order valence-corrected chi connectivity index (χ1v) is 9.64. The highest BCUT2D eigenvalue weighted by Gasteiger charge is 2.13. The zero-order valence-corrected chi connectivity index (χ0v) is 16.6.